The number of rotatable bonds is 6. The molecule has 3 heteroatoms. The molecule has 0 aliphatic carbocycles. The van der Waals surface area contributed by atoms with E-state index in [4.69, 9.17) is 0 Å². The van der Waals surface area contributed by atoms with Crippen molar-refractivity contribution in [3.05, 3.63) is 42.2 Å². The van der Waals surface area contributed by atoms with Crippen LogP contribution in [-0.4, -0.2) is 16.3 Å². The van der Waals surface area contributed by atoms with Gasteiger partial charge in [-0.2, -0.15) is 5.10 Å². The van der Waals surface area contributed by atoms with Gasteiger partial charge in [0.15, 0.2) is 0 Å². The molecule has 3 nitrogen and oxygen atoms in total. The van der Waals surface area contributed by atoms with Crippen LogP contribution in [0.15, 0.2) is 36.7 Å². The van der Waals surface area contributed by atoms with Crippen LogP contribution in [0.1, 0.15) is 38.8 Å². The fraction of sp³-hybridized carbons (Fsp3) is 0.438. The van der Waals surface area contributed by atoms with Crippen LogP contribution in [0, 0.1) is 0 Å². The predicted molar refractivity (Wildman–Crippen MR) is 80.0 cm³/mol. The summed E-state index contributed by atoms with van der Waals surface area (Å²) in [6.45, 7) is 8.46. The molecule has 0 amide bonds. The number of nitrogens with zero attached hydrogens (tertiary/aromatic N) is 2. The van der Waals surface area contributed by atoms with Crippen LogP contribution in [0.4, 0.5) is 0 Å². The normalized spacial score (nSPS) is 12.6. The monoisotopic (exact) mass is 257 g/mol. The summed E-state index contributed by atoms with van der Waals surface area (Å²) in [4.78, 5) is 0. The Kier molecular flexibility index (Phi) is 4.74. The predicted octanol–water partition coefficient (Wildman–Crippen LogP) is 3.63. The Hall–Kier alpha value is -1.61. The van der Waals surface area contributed by atoms with Crippen LogP contribution in [-0.2, 0) is 6.54 Å². The van der Waals surface area contributed by atoms with Crippen LogP contribution < -0.4 is 5.32 Å². The minimum Gasteiger partial charge on any atom is -0.310 e. The number of nitrogens with one attached hydrogen (secondary N) is 1. The van der Waals surface area contributed by atoms with Crippen LogP contribution in [0.25, 0.3) is 11.1 Å². The first-order chi connectivity index (χ1) is 9.24. The second-order valence-corrected chi connectivity index (χ2v) is 4.90. The minimum atomic E-state index is 0.385. The van der Waals surface area contributed by atoms with Gasteiger partial charge in [0.05, 0.1) is 6.20 Å². The molecule has 1 N–H and O–H groups in total. The fourth-order valence-electron chi connectivity index (χ4n) is 2.28. The average Bonchev–Trinajstić information content (AvgIpc) is 2.88. The van der Waals surface area contributed by atoms with Gasteiger partial charge in [-0.15, -0.1) is 0 Å². The van der Waals surface area contributed by atoms with Gasteiger partial charge in [-0.25, -0.2) is 0 Å². The lowest BCUT2D eigenvalue weighted by molar-refractivity contribution is 0.598. The number of hydrogen-bond donors (Lipinski definition) is 1. The summed E-state index contributed by atoms with van der Waals surface area (Å²) in [5, 5.41) is 7.84. The Labute approximate surface area is 115 Å². The van der Waals surface area contributed by atoms with E-state index in [9.17, 15) is 0 Å². The molecule has 1 atom stereocenters. The number of benzene rings is 1. The topological polar surface area (TPSA) is 29.9 Å². The number of aryl methyl sites for hydroxylation is 1. The van der Waals surface area contributed by atoms with Crippen molar-refractivity contribution in [1.29, 1.82) is 0 Å². The summed E-state index contributed by atoms with van der Waals surface area (Å²) in [6.07, 6.45) is 5.19. The second kappa shape index (κ2) is 6.53. The maximum Gasteiger partial charge on any atom is 0.0568 e. The second-order valence-electron chi connectivity index (χ2n) is 4.90. The van der Waals surface area contributed by atoms with Crippen molar-refractivity contribution in [3.8, 4) is 11.1 Å². The Morgan fingerprint density at radius 2 is 2.11 bits per heavy atom. The van der Waals surface area contributed by atoms with Gasteiger partial charge in [-0.1, -0.05) is 32.0 Å². The third kappa shape index (κ3) is 3.44. The smallest absolute Gasteiger partial charge is 0.0568 e. The zero-order valence-corrected chi connectivity index (χ0v) is 12.1. The molecule has 0 saturated carbocycles. The van der Waals surface area contributed by atoms with Gasteiger partial charge in [0.2, 0.25) is 0 Å². The summed E-state index contributed by atoms with van der Waals surface area (Å²) in [7, 11) is 0. The van der Waals surface area contributed by atoms with E-state index >= 15 is 0 Å². The summed E-state index contributed by atoms with van der Waals surface area (Å²) < 4.78 is 2.01. The Morgan fingerprint density at radius 1 is 1.26 bits per heavy atom. The van der Waals surface area contributed by atoms with Crippen LogP contribution >= 0.6 is 0 Å². The maximum absolute atomic E-state index is 4.39. The number of aromatic nitrogens is 2. The van der Waals surface area contributed by atoms with E-state index in [1.165, 1.54) is 16.7 Å². The molecule has 0 aliphatic heterocycles. The van der Waals surface area contributed by atoms with Gasteiger partial charge in [0.25, 0.3) is 0 Å². The molecule has 1 aromatic heterocycles. The van der Waals surface area contributed by atoms with Crippen molar-refractivity contribution < 1.29 is 0 Å². The zero-order valence-electron chi connectivity index (χ0n) is 12.1. The van der Waals surface area contributed by atoms with Crippen LogP contribution in [0.2, 0.25) is 0 Å². The van der Waals surface area contributed by atoms with Crippen molar-refractivity contribution in [2.24, 2.45) is 0 Å². The first-order valence-electron chi connectivity index (χ1n) is 7.10. The highest BCUT2D eigenvalue weighted by Gasteiger charge is 2.06. The van der Waals surface area contributed by atoms with Crippen LogP contribution in [0.5, 0.6) is 0 Å². The zero-order chi connectivity index (χ0) is 13.7. The maximum atomic E-state index is 4.39. The molecule has 0 fully saturated rings. The molecule has 0 radical (unpaired) electrons. The highest BCUT2D eigenvalue weighted by atomic mass is 15.3. The summed E-state index contributed by atoms with van der Waals surface area (Å²) in [5.41, 5.74) is 3.76. The molecule has 102 valence electrons. The lowest BCUT2D eigenvalue weighted by Crippen LogP contribution is -2.17. The molecule has 0 spiro atoms. The molecule has 1 unspecified atom stereocenters. The number of hydrogen-bond acceptors (Lipinski definition) is 2. The summed E-state index contributed by atoms with van der Waals surface area (Å²) in [5.74, 6) is 0. The molecule has 0 aliphatic rings. The Morgan fingerprint density at radius 3 is 2.84 bits per heavy atom. The molecule has 0 saturated heterocycles. The molecule has 1 aromatic carbocycles. The van der Waals surface area contributed by atoms with Crippen LogP contribution in [0.3, 0.4) is 0 Å². The highest BCUT2D eigenvalue weighted by molar-refractivity contribution is 5.62. The first kappa shape index (κ1) is 13.8. The molecule has 2 rings (SSSR count). The standard InChI is InChI=1S/C16H23N3/c1-4-9-19-12-16(11-18-19)15-8-6-7-14(10-15)13(3)17-5-2/h6-8,10-13,17H,4-5,9H2,1-3H3. The van der Waals surface area contributed by atoms with Crippen molar-refractivity contribution in [2.45, 2.75) is 39.8 Å². The molecule has 19 heavy (non-hydrogen) atoms. The van der Waals surface area contributed by atoms with Crippen molar-refractivity contribution in [3.63, 3.8) is 0 Å². The Bertz CT molecular complexity index is 516. The molecule has 0 bridgehead atoms. The van der Waals surface area contributed by atoms with E-state index in [-0.39, 0.29) is 0 Å². The SMILES string of the molecule is CCCn1cc(-c2cccc(C(C)NCC)c2)cn1. The van der Waals surface area contributed by atoms with Gasteiger partial charge in [0, 0.05) is 24.3 Å². The molecule has 2 aromatic rings. The van der Waals surface area contributed by atoms with E-state index in [0.717, 1.165) is 19.5 Å². The van der Waals surface area contributed by atoms with E-state index in [2.05, 4.69) is 61.6 Å². The summed E-state index contributed by atoms with van der Waals surface area (Å²) >= 11 is 0. The van der Waals surface area contributed by atoms with Crippen molar-refractivity contribution >= 4 is 0 Å². The lowest BCUT2D eigenvalue weighted by atomic mass is 10.0. The minimum absolute atomic E-state index is 0.385. The molecule has 1 heterocycles. The average molecular weight is 257 g/mol. The van der Waals surface area contributed by atoms with E-state index in [1.807, 2.05) is 10.9 Å². The van der Waals surface area contributed by atoms with Gasteiger partial charge in [-0.05, 0) is 37.1 Å². The largest absolute Gasteiger partial charge is 0.310 e. The van der Waals surface area contributed by atoms with Crippen molar-refractivity contribution in [2.75, 3.05) is 6.54 Å². The third-order valence-corrected chi connectivity index (χ3v) is 3.32. The Balaban J connectivity index is 2.21. The highest BCUT2D eigenvalue weighted by Crippen LogP contribution is 2.22. The van der Waals surface area contributed by atoms with Gasteiger partial charge >= 0.3 is 0 Å². The van der Waals surface area contributed by atoms with Crippen molar-refractivity contribution in [1.82, 2.24) is 15.1 Å². The fourth-order valence-corrected chi connectivity index (χ4v) is 2.28. The lowest BCUT2D eigenvalue weighted by Gasteiger charge is -2.13. The first-order valence-corrected chi connectivity index (χ1v) is 7.10. The van der Waals surface area contributed by atoms with Gasteiger partial charge in [0.1, 0.15) is 0 Å². The van der Waals surface area contributed by atoms with E-state index in [0.29, 0.717) is 6.04 Å². The molecular formula is C16H23N3. The quantitative estimate of drug-likeness (QED) is 0.856. The van der Waals surface area contributed by atoms with E-state index < -0.39 is 0 Å². The van der Waals surface area contributed by atoms with Gasteiger partial charge in [-0.3, -0.25) is 4.68 Å². The van der Waals surface area contributed by atoms with E-state index in [1.54, 1.807) is 0 Å². The van der Waals surface area contributed by atoms with Gasteiger partial charge < -0.3 is 5.32 Å². The molecular weight excluding hydrogens is 234 g/mol. The summed E-state index contributed by atoms with van der Waals surface area (Å²) in [6, 6.07) is 9.08. The third-order valence-electron chi connectivity index (χ3n) is 3.32.